The molecule has 0 unspecified atom stereocenters. The fourth-order valence-electron chi connectivity index (χ4n) is 1.93. The van der Waals surface area contributed by atoms with Crippen LogP contribution in [0.2, 0.25) is 0 Å². The van der Waals surface area contributed by atoms with E-state index in [9.17, 15) is 9.59 Å². The van der Waals surface area contributed by atoms with Gasteiger partial charge in [0, 0.05) is 18.8 Å². The van der Waals surface area contributed by atoms with E-state index < -0.39 is 5.97 Å². The predicted molar refractivity (Wildman–Crippen MR) is 78.9 cm³/mol. The van der Waals surface area contributed by atoms with E-state index in [0.717, 1.165) is 12.0 Å². The van der Waals surface area contributed by atoms with Gasteiger partial charge in [-0.15, -0.1) is 0 Å². The highest BCUT2D eigenvalue weighted by molar-refractivity contribution is 6.05. The Balaban J connectivity index is 2.19. The zero-order valence-corrected chi connectivity index (χ0v) is 12.2. The van der Waals surface area contributed by atoms with Crippen molar-refractivity contribution in [2.75, 3.05) is 11.9 Å². The third-order valence-corrected chi connectivity index (χ3v) is 3.31. The lowest BCUT2D eigenvalue weighted by Gasteiger charge is -2.16. The Kier molecular flexibility index (Phi) is 4.12. The highest BCUT2D eigenvalue weighted by atomic mass is 16.4. The maximum absolute atomic E-state index is 12.2. The van der Waals surface area contributed by atoms with Crippen LogP contribution in [0, 0.1) is 0 Å². The van der Waals surface area contributed by atoms with Crippen molar-refractivity contribution in [3.63, 3.8) is 0 Å². The Morgan fingerprint density at radius 1 is 1.19 bits per heavy atom. The zero-order chi connectivity index (χ0) is 15.6. The SMILES string of the molecule is CC(C)c1ccc(N(C)C(=O)c2cc(C(=O)O)co2)cc1. The van der Waals surface area contributed by atoms with Crippen LogP contribution in [0.4, 0.5) is 5.69 Å². The number of carboxylic acids is 1. The van der Waals surface area contributed by atoms with Crippen molar-refractivity contribution in [1.82, 2.24) is 0 Å². The van der Waals surface area contributed by atoms with Crippen molar-refractivity contribution in [3.05, 3.63) is 53.5 Å². The molecular weight excluding hydrogens is 270 g/mol. The van der Waals surface area contributed by atoms with E-state index in [0.29, 0.717) is 5.92 Å². The van der Waals surface area contributed by atoms with E-state index in [1.54, 1.807) is 7.05 Å². The van der Waals surface area contributed by atoms with Gasteiger partial charge in [0.05, 0.1) is 5.56 Å². The number of carboxylic acid groups (broad SMARTS) is 1. The number of nitrogens with zero attached hydrogens (tertiary/aromatic N) is 1. The van der Waals surface area contributed by atoms with Crippen LogP contribution in [-0.4, -0.2) is 24.0 Å². The van der Waals surface area contributed by atoms with Crippen LogP contribution < -0.4 is 4.90 Å². The van der Waals surface area contributed by atoms with Gasteiger partial charge in [-0.3, -0.25) is 4.79 Å². The second kappa shape index (κ2) is 5.83. The van der Waals surface area contributed by atoms with Gasteiger partial charge in [0.15, 0.2) is 5.76 Å². The van der Waals surface area contributed by atoms with Crippen molar-refractivity contribution in [2.24, 2.45) is 0 Å². The molecule has 1 N–H and O–H groups in total. The number of hydrogen-bond acceptors (Lipinski definition) is 3. The third-order valence-electron chi connectivity index (χ3n) is 3.31. The molecule has 21 heavy (non-hydrogen) atoms. The lowest BCUT2D eigenvalue weighted by Crippen LogP contribution is -2.25. The first-order chi connectivity index (χ1) is 9.90. The van der Waals surface area contributed by atoms with Crippen LogP contribution in [0.1, 0.15) is 46.2 Å². The molecule has 1 amide bonds. The second-order valence-electron chi connectivity index (χ2n) is 5.12. The largest absolute Gasteiger partial charge is 0.478 e. The molecule has 0 radical (unpaired) electrons. The molecule has 2 aromatic rings. The maximum Gasteiger partial charge on any atom is 0.338 e. The number of anilines is 1. The lowest BCUT2D eigenvalue weighted by molar-refractivity contribution is 0.0696. The molecule has 0 saturated carbocycles. The molecule has 0 atom stereocenters. The molecule has 0 fully saturated rings. The summed E-state index contributed by atoms with van der Waals surface area (Å²) in [4.78, 5) is 24.5. The average Bonchev–Trinajstić information content (AvgIpc) is 2.96. The number of benzene rings is 1. The van der Waals surface area contributed by atoms with Gasteiger partial charge in [-0.2, -0.15) is 0 Å². The molecule has 1 aromatic carbocycles. The minimum absolute atomic E-state index is 0.00263. The monoisotopic (exact) mass is 287 g/mol. The van der Waals surface area contributed by atoms with Crippen molar-refractivity contribution in [1.29, 1.82) is 0 Å². The lowest BCUT2D eigenvalue weighted by atomic mass is 10.0. The number of hydrogen-bond donors (Lipinski definition) is 1. The molecular formula is C16H17NO4. The van der Waals surface area contributed by atoms with Gasteiger partial charge >= 0.3 is 5.97 Å². The van der Waals surface area contributed by atoms with Crippen molar-refractivity contribution < 1.29 is 19.1 Å². The molecule has 5 heteroatoms. The van der Waals surface area contributed by atoms with Crippen molar-refractivity contribution in [3.8, 4) is 0 Å². The minimum Gasteiger partial charge on any atom is -0.478 e. The van der Waals surface area contributed by atoms with Gasteiger partial charge in [0.1, 0.15) is 6.26 Å². The Hall–Kier alpha value is -2.56. The molecule has 0 bridgehead atoms. The van der Waals surface area contributed by atoms with E-state index >= 15 is 0 Å². The molecule has 110 valence electrons. The standard InChI is InChI=1S/C16H17NO4/c1-10(2)11-4-6-13(7-5-11)17(3)15(18)14-8-12(9-21-14)16(19)20/h4-10H,1-3H3,(H,19,20). The predicted octanol–water partition coefficient (Wildman–Crippen LogP) is 3.38. The van der Waals surface area contributed by atoms with Crippen molar-refractivity contribution in [2.45, 2.75) is 19.8 Å². The Labute approximate surface area is 122 Å². The minimum atomic E-state index is -1.12. The fourth-order valence-corrected chi connectivity index (χ4v) is 1.93. The molecule has 0 aliphatic heterocycles. The molecule has 2 rings (SSSR count). The molecule has 0 aliphatic carbocycles. The summed E-state index contributed by atoms with van der Waals surface area (Å²) in [6.45, 7) is 4.19. The molecule has 0 saturated heterocycles. The van der Waals surface area contributed by atoms with E-state index in [4.69, 9.17) is 9.52 Å². The first-order valence-electron chi connectivity index (χ1n) is 6.60. The summed E-state index contributed by atoms with van der Waals surface area (Å²) in [5.41, 5.74) is 1.87. The number of carbonyl (C=O) groups excluding carboxylic acids is 1. The van der Waals surface area contributed by atoms with Crippen molar-refractivity contribution >= 4 is 17.6 Å². The summed E-state index contributed by atoms with van der Waals surface area (Å²) in [7, 11) is 1.62. The smallest absolute Gasteiger partial charge is 0.338 e. The summed E-state index contributed by atoms with van der Waals surface area (Å²) in [6.07, 6.45) is 1.06. The average molecular weight is 287 g/mol. The topological polar surface area (TPSA) is 70.8 Å². The molecule has 0 spiro atoms. The van der Waals surface area contributed by atoms with Gasteiger partial charge in [-0.25, -0.2) is 4.79 Å². The third kappa shape index (κ3) is 3.13. The van der Waals surface area contributed by atoms with E-state index in [2.05, 4.69) is 13.8 Å². The summed E-state index contributed by atoms with van der Waals surface area (Å²) in [6, 6.07) is 8.87. The van der Waals surface area contributed by atoms with Gasteiger partial charge in [0.2, 0.25) is 0 Å². The Bertz CT molecular complexity index is 655. The van der Waals surface area contributed by atoms with Gasteiger partial charge < -0.3 is 14.4 Å². The number of rotatable bonds is 4. The maximum atomic E-state index is 12.2. The van der Waals surface area contributed by atoms with Gasteiger partial charge in [-0.1, -0.05) is 26.0 Å². The van der Waals surface area contributed by atoms with Crippen LogP contribution in [0.5, 0.6) is 0 Å². The highest BCUT2D eigenvalue weighted by Gasteiger charge is 2.19. The van der Waals surface area contributed by atoms with Crippen LogP contribution >= 0.6 is 0 Å². The van der Waals surface area contributed by atoms with E-state index in [1.165, 1.54) is 16.5 Å². The molecule has 5 nitrogen and oxygen atoms in total. The normalized spacial score (nSPS) is 10.7. The van der Waals surface area contributed by atoms with E-state index in [-0.39, 0.29) is 17.2 Å². The molecule has 0 aliphatic rings. The zero-order valence-electron chi connectivity index (χ0n) is 12.2. The fraction of sp³-hybridized carbons (Fsp3) is 0.250. The highest BCUT2D eigenvalue weighted by Crippen LogP contribution is 2.21. The summed E-state index contributed by atoms with van der Waals surface area (Å²) < 4.78 is 5.02. The summed E-state index contributed by atoms with van der Waals surface area (Å²) in [5.74, 6) is -1.09. The van der Waals surface area contributed by atoms with E-state index in [1.807, 2.05) is 24.3 Å². The first-order valence-corrected chi connectivity index (χ1v) is 6.60. The number of furan rings is 1. The quantitative estimate of drug-likeness (QED) is 0.935. The number of aromatic carboxylic acids is 1. The summed E-state index contributed by atoms with van der Waals surface area (Å²) in [5, 5.41) is 8.83. The van der Waals surface area contributed by atoms with Crippen LogP contribution in [0.3, 0.4) is 0 Å². The Morgan fingerprint density at radius 3 is 2.29 bits per heavy atom. The molecule has 1 heterocycles. The number of carbonyl (C=O) groups is 2. The van der Waals surface area contributed by atoms with Gasteiger partial charge in [-0.05, 0) is 23.6 Å². The second-order valence-corrected chi connectivity index (χ2v) is 5.12. The van der Waals surface area contributed by atoms with Crippen LogP contribution in [-0.2, 0) is 0 Å². The van der Waals surface area contributed by atoms with Crippen LogP contribution in [0.15, 0.2) is 41.0 Å². The summed E-state index contributed by atoms with van der Waals surface area (Å²) >= 11 is 0. The number of amides is 1. The van der Waals surface area contributed by atoms with Crippen LogP contribution in [0.25, 0.3) is 0 Å². The molecule has 1 aromatic heterocycles. The Morgan fingerprint density at radius 2 is 1.81 bits per heavy atom. The first kappa shape index (κ1) is 14.8. The van der Waals surface area contributed by atoms with Gasteiger partial charge in [0.25, 0.3) is 5.91 Å².